The number of hydrogen-bond donors (Lipinski definition) is 0. The van der Waals surface area contributed by atoms with E-state index in [9.17, 15) is 4.79 Å². The van der Waals surface area contributed by atoms with Crippen LogP contribution in [0.25, 0.3) is 0 Å². The van der Waals surface area contributed by atoms with Crippen molar-refractivity contribution >= 4 is 17.4 Å². The molecule has 0 bridgehead atoms. The molecule has 0 aliphatic heterocycles. The normalized spacial score (nSPS) is 20.1. The highest BCUT2D eigenvalue weighted by Crippen LogP contribution is 2.35. The molecule has 0 N–H and O–H groups in total. The first kappa shape index (κ1) is 10.4. The summed E-state index contributed by atoms with van der Waals surface area (Å²) >= 11 is 5.84. The third-order valence-corrected chi connectivity index (χ3v) is 3.13. The second-order valence-electron chi connectivity index (χ2n) is 3.90. The smallest absolute Gasteiger partial charge is 0.156 e. The van der Waals surface area contributed by atoms with Gasteiger partial charge in [0.25, 0.3) is 0 Å². The Balaban J connectivity index is 2.28. The monoisotopic (exact) mass is 220 g/mol. The lowest BCUT2D eigenvalue weighted by Gasteiger charge is -2.13. The third kappa shape index (κ3) is 2.13. The fourth-order valence-corrected chi connectivity index (χ4v) is 2.26. The minimum Gasteiger partial charge on any atom is -0.295 e. The molecule has 0 fully saturated rings. The van der Waals surface area contributed by atoms with E-state index in [1.54, 1.807) is 6.92 Å². The number of carbonyl (C=O) groups excluding carboxylic acids is 1. The highest BCUT2D eigenvalue weighted by atomic mass is 35.5. The summed E-state index contributed by atoms with van der Waals surface area (Å²) in [6, 6.07) is 7.78. The summed E-state index contributed by atoms with van der Waals surface area (Å²) in [5, 5.41) is 0.741. The first-order valence-corrected chi connectivity index (χ1v) is 5.52. The van der Waals surface area contributed by atoms with E-state index in [1.807, 2.05) is 24.3 Å². The van der Waals surface area contributed by atoms with Gasteiger partial charge >= 0.3 is 0 Å². The molecule has 1 aliphatic carbocycles. The van der Waals surface area contributed by atoms with Crippen molar-refractivity contribution in [1.82, 2.24) is 0 Å². The number of rotatable bonds is 2. The number of Topliss-reactive ketones (excluding diaryl/α,β-unsaturated/α-hetero) is 1. The minimum absolute atomic E-state index is 0.187. The van der Waals surface area contributed by atoms with Gasteiger partial charge in [-0.3, -0.25) is 4.79 Å². The summed E-state index contributed by atoms with van der Waals surface area (Å²) in [6.07, 6.45) is 4.10. The Morgan fingerprint density at radius 2 is 2.00 bits per heavy atom. The summed E-state index contributed by atoms with van der Waals surface area (Å²) in [5.74, 6) is 0.465. The van der Waals surface area contributed by atoms with Crippen LogP contribution in [0, 0.1) is 0 Å². The molecule has 15 heavy (non-hydrogen) atoms. The van der Waals surface area contributed by atoms with Crippen molar-refractivity contribution in [2.45, 2.75) is 25.7 Å². The van der Waals surface area contributed by atoms with Gasteiger partial charge in [0.15, 0.2) is 5.78 Å². The predicted octanol–water partition coefficient (Wildman–Crippen LogP) is 3.73. The second-order valence-corrected chi connectivity index (χ2v) is 4.33. The van der Waals surface area contributed by atoms with Crippen LogP contribution < -0.4 is 0 Å². The van der Waals surface area contributed by atoms with Crippen LogP contribution in [-0.2, 0) is 4.79 Å². The fourth-order valence-electron chi connectivity index (χ4n) is 2.13. The van der Waals surface area contributed by atoms with Gasteiger partial charge in [-0.15, -0.1) is 0 Å². The van der Waals surface area contributed by atoms with E-state index in [4.69, 9.17) is 11.6 Å². The van der Waals surface area contributed by atoms with Gasteiger partial charge in [0.2, 0.25) is 0 Å². The molecular weight excluding hydrogens is 208 g/mol. The Kier molecular flexibility index (Phi) is 2.92. The molecule has 2 heteroatoms. The Labute approximate surface area is 94.8 Å². The van der Waals surface area contributed by atoms with Crippen LogP contribution in [0.4, 0.5) is 0 Å². The van der Waals surface area contributed by atoms with Crippen molar-refractivity contribution in [2.24, 2.45) is 0 Å². The van der Waals surface area contributed by atoms with Gasteiger partial charge in [0.05, 0.1) is 0 Å². The van der Waals surface area contributed by atoms with Gasteiger partial charge in [0.1, 0.15) is 0 Å². The molecule has 1 aliphatic rings. The van der Waals surface area contributed by atoms with E-state index < -0.39 is 0 Å². The molecular formula is C13H13ClO. The first-order chi connectivity index (χ1) is 7.18. The maximum absolute atomic E-state index is 11.4. The van der Waals surface area contributed by atoms with Gasteiger partial charge in [-0.25, -0.2) is 0 Å². The summed E-state index contributed by atoms with van der Waals surface area (Å²) in [6.45, 7) is 1.64. The molecule has 0 saturated heterocycles. The van der Waals surface area contributed by atoms with Crippen LogP contribution in [0.5, 0.6) is 0 Å². The van der Waals surface area contributed by atoms with Gasteiger partial charge in [0, 0.05) is 10.9 Å². The average Bonchev–Trinajstić information content (AvgIpc) is 2.67. The topological polar surface area (TPSA) is 17.1 Å². The second kappa shape index (κ2) is 4.19. The van der Waals surface area contributed by atoms with Gasteiger partial charge in [-0.05, 0) is 43.0 Å². The van der Waals surface area contributed by atoms with Crippen LogP contribution in [0.3, 0.4) is 0 Å². The maximum atomic E-state index is 11.4. The molecule has 0 saturated carbocycles. The molecule has 0 heterocycles. The summed E-state index contributed by atoms with van der Waals surface area (Å²) in [7, 11) is 0. The molecule has 1 aromatic carbocycles. The predicted molar refractivity (Wildman–Crippen MR) is 62.2 cm³/mol. The number of ketones is 1. The molecule has 1 aromatic rings. The minimum atomic E-state index is 0.187. The maximum Gasteiger partial charge on any atom is 0.156 e. The van der Waals surface area contributed by atoms with E-state index >= 15 is 0 Å². The van der Waals surface area contributed by atoms with E-state index in [2.05, 4.69) is 6.08 Å². The molecule has 2 rings (SSSR count). The Bertz CT molecular complexity index is 403. The van der Waals surface area contributed by atoms with E-state index in [1.165, 1.54) is 5.56 Å². The van der Waals surface area contributed by atoms with E-state index in [0.29, 0.717) is 0 Å². The number of halogens is 1. The highest BCUT2D eigenvalue weighted by molar-refractivity contribution is 6.30. The van der Waals surface area contributed by atoms with Gasteiger partial charge < -0.3 is 0 Å². The average molecular weight is 221 g/mol. The number of allylic oxidation sites excluding steroid dienone is 2. The molecule has 1 atom stereocenters. The number of carbonyl (C=O) groups is 1. The van der Waals surface area contributed by atoms with Crippen molar-refractivity contribution in [1.29, 1.82) is 0 Å². The molecule has 78 valence electrons. The summed E-state index contributed by atoms with van der Waals surface area (Å²) in [5.41, 5.74) is 2.15. The Morgan fingerprint density at radius 3 is 2.60 bits per heavy atom. The fraction of sp³-hybridized carbons (Fsp3) is 0.308. The Hall–Kier alpha value is -1.08. The summed E-state index contributed by atoms with van der Waals surface area (Å²) in [4.78, 5) is 11.4. The first-order valence-electron chi connectivity index (χ1n) is 5.15. The Morgan fingerprint density at radius 1 is 1.33 bits per heavy atom. The van der Waals surface area contributed by atoms with Crippen molar-refractivity contribution in [2.75, 3.05) is 0 Å². The third-order valence-electron chi connectivity index (χ3n) is 2.87. The SMILES string of the molecule is CC(=O)C1=CCCC1c1ccc(Cl)cc1. The van der Waals surface area contributed by atoms with Crippen LogP contribution in [0.1, 0.15) is 31.2 Å². The zero-order valence-electron chi connectivity index (χ0n) is 8.66. The lowest BCUT2D eigenvalue weighted by atomic mass is 9.91. The van der Waals surface area contributed by atoms with Crippen LogP contribution >= 0.6 is 11.6 Å². The lowest BCUT2D eigenvalue weighted by molar-refractivity contribution is -0.113. The van der Waals surface area contributed by atoms with Gasteiger partial charge in [-0.1, -0.05) is 29.8 Å². The van der Waals surface area contributed by atoms with E-state index in [-0.39, 0.29) is 11.7 Å². The van der Waals surface area contributed by atoms with Crippen LogP contribution in [0.2, 0.25) is 5.02 Å². The zero-order valence-corrected chi connectivity index (χ0v) is 9.42. The van der Waals surface area contributed by atoms with Crippen molar-refractivity contribution in [3.8, 4) is 0 Å². The van der Waals surface area contributed by atoms with Crippen LogP contribution in [-0.4, -0.2) is 5.78 Å². The van der Waals surface area contributed by atoms with Crippen molar-refractivity contribution in [3.63, 3.8) is 0 Å². The van der Waals surface area contributed by atoms with Gasteiger partial charge in [-0.2, -0.15) is 0 Å². The largest absolute Gasteiger partial charge is 0.295 e. The molecule has 0 spiro atoms. The zero-order chi connectivity index (χ0) is 10.8. The number of hydrogen-bond acceptors (Lipinski definition) is 1. The quantitative estimate of drug-likeness (QED) is 0.742. The molecule has 1 nitrogen and oxygen atoms in total. The lowest BCUT2D eigenvalue weighted by Crippen LogP contribution is -2.04. The molecule has 0 amide bonds. The van der Waals surface area contributed by atoms with Crippen molar-refractivity contribution in [3.05, 3.63) is 46.5 Å². The number of benzene rings is 1. The summed E-state index contributed by atoms with van der Waals surface area (Å²) < 4.78 is 0. The molecule has 0 aromatic heterocycles. The van der Waals surface area contributed by atoms with Crippen molar-refractivity contribution < 1.29 is 4.79 Å². The molecule has 1 unspecified atom stereocenters. The highest BCUT2D eigenvalue weighted by Gasteiger charge is 2.23. The van der Waals surface area contributed by atoms with E-state index in [0.717, 1.165) is 23.4 Å². The molecule has 0 radical (unpaired) electrons. The standard InChI is InChI=1S/C13H13ClO/c1-9(15)12-3-2-4-13(12)10-5-7-11(14)8-6-10/h3,5-8,13H,2,4H2,1H3. The van der Waals surface area contributed by atoms with Crippen LogP contribution in [0.15, 0.2) is 35.9 Å².